The molecule has 278 valence electrons. The van der Waals surface area contributed by atoms with E-state index in [-0.39, 0.29) is 48.3 Å². The number of thiazole rings is 1. The quantitative estimate of drug-likeness (QED) is 0.0367. The number of thioether (sulfide) groups is 1. The Morgan fingerprint density at radius 3 is 2.08 bits per heavy atom. The van der Waals surface area contributed by atoms with E-state index < -0.39 is 47.2 Å². The lowest BCUT2D eigenvalue weighted by molar-refractivity contribution is -0.167. The minimum atomic E-state index is -1.08. The lowest BCUT2D eigenvalue weighted by Crippen LogP contribution is -2.70. The third-order valence-corrected chi connectivity index (χ3v) is 9.96. The summed E-state index contributed by atoms with van der Waals surface area (Å²) < 4.78 is 16.5. The number of unbranched alkanes of at least 4 members (excludes halogenated alkanes) is 10. The van der Waals surface area contributed by atoms with Crippen molar-refractivity contribution in [3.05, 3.63) is 22.8 Å². The van der Waals surface area contributed by atoms with Crippen molar-refractivity contribution in [2.24, 2.45) is 5.16 Å². The third-order valence-electron chi connectivity index (χ3n) is 8.11. The van der Waals surface area contributed by atoms with E-state index in [1.807, 2.05) is 0 Å². The largest absolute Gasteiger partial charge is 0.462 e. The number of aromatic nitrogens is 1. The Bertz CT molecular complexity index is 1320. The zero-order valence-corrected chi connectivity index (χ0v) is 31.0. The third kappa shape index (κ3) is 12.9. The van der Waals surface area contributed by atoms with E-state index in [9.17, 15) is 24.0 Å². The van der Waals surface area contributed by atoms with E-state index in [4.69, 9.17) is 24.8 Å². The first-order chi connectivity index (χ1) is 24.2. The van der Waals surface area contributed by atoms with Crippen LogP contribution in [0.1, 0.15) is 109 Å². The monoisotopic (exact) mass is 737 g/mol. The van der Waals surface area contributed by atoms with Gasteiger partial charge in [0.1, 0.15) is 43.1 Å². The molecular weight excluding hydrogens is 687 g/mol. The number of ether oxygens (including phenoxy) is 3. The molecule has 50 heavy (non-hydrogen) atoms. The number of nitrogens with zero attached hydrogens (tertiary/aromatic N) is 3. The van der Waals surface area contributed by atoms with Gasteiger partial charge < -0.3 is 30.1 Å². The molecule has 1 aromatic rings. The Labute approximate surface area is 302 Å². The molecular formula is C34H51N5O9S2. The van der Waals surface area contributed by atoms with Crippen LogP contribution in [0, 0.1) is 0 Å². The fourth-order valence-corrected chi connectivity index (χ4v) is 7.12. The molecule has 0 saturated carbocycles. The van der Waals surface area contributed by atoms with Crippen LogP contribution in [0.15, 0.2) is 22.3 Å². The summed E-state index contributed by atoms with van der Waals surface area (Å²) in [5.41, 5.74) is 5.73. The van der Waals surface area contributed by atoms with Crippen LogP contribution in [0.3, 0.4) is 0 Å². The Morgan fingerprint density at radius 2 is 1.54 bits per heavy atom. The fourth-order valence-electron chi connectivity index (χ4n) is 5.37. The van der Waals surface area contributed by atoms with Crippen LogP contribution in [0.4, 0.5) is 5.13 Å². The number of oxime groups is 1. The second kappa shape index (κ2) is 22.2. The number of nitrogens with one attached hydrogen (secondary N) is 1. The van der Waals surface area contributed by atoms with Gasteiger partial charge in [-0.1, -0.05) is 83.2 Å². The van der Waals surface area contributed by atoms with Crippen molar-refractivity contribution in [3.63, 3.8) is 0 Å². The molecule has 0 aromatic carbocycles. The highest BCUT2D eigenvalue weighted by Crippen LogP contribution is 2.38. The Balaban J connectivity index is 1.57. The van der Waals surface area contributed by atoms with Gasteiger partial charge in [-0.3, -0.25) is 24.1 Å². The molecule has 2 aliphatic heterocycles. The van der Waals surface area contributed by atoms with Gasteiger partial charge >= 0.3 is 17.9 Å². The Kier molecular flexibility index (Phi) is 18.1. The van der Waals surface area contributed by atoms with Crippen molar-refractivity contribution >= 4 is 63.7 Å². The van der Waals surface area contributed by atoms with Gasteiger partial charge in [-0.2, -0.15) is 0 Å². The predicted molar refractivity (Wildman–Crippen MR) is 191 cm³/mol. The number of carbonyl (C=O) groups is 5. The SMILES string of the molecule is CCCCCCCCC(=O)OCC(COC(=O)CCCCCCCC)OC(=O)C1=CCS[C@@H]2C(NC(=O)/C(=N\OC)c3csc(N)n3)C(=O)N12. The van der Waals surface area contributed by atoms with Crippen LogP contribution in [0.25, 0.3) is 0 Å². The number of nitrogens with two attached hydrogens (primary N) is 1. The highest BCUT2D eigenvalue weighted by Gasteiger charge is 2.53. The molecule has 16 heteroatoms. The molecule has 14 nitrogen and oxygen atoms in total. The van der Waals surface area contributed by atoms with Gasteiger partial charge in [0.05, 0.1) is 0 Å². The van der Waals surface area contributed by atoms with E-state index in [0.717, 1.165) is 75.5 Å². The number of rotatable bonds is 24. The first-order valence-corrected chi connectivity index (χ1v) is 19.4. The van der Waals surface area contributed by atoms with E-state index in [1.54, 1.807) is 11.5 Å². The van der Waals surface area contributed by atoms with E-state index in [0.29, 0.717) is 18.6 Å². The molecule has 2 amide bonds. The number of amides is 2. The Hall–Kier alpha value is -3.66. The van der Waals surface area contributed by atoms with Gasteiger partial charge in [0.2, 0.25) is 0 Å². The maximum atomic E-state index is 13.4. The maximum Gasteiger partial charge on any atom is 0.355 e. The second-order valence-corrected chi connectivity index (χ2v) is 14.1. The molecule has 1 unspecified atom stereocenters. The summed E-state index contributed by atoms with van der Waals surface area (Å²) in [6.45, 7) is 3.69. The molecule has 0 bridgehead atoms. The standard InChI is InChI=1S/C34H51N5O9S2/c1-4-6-8-10-12-14-16-26(40)46-20-23(21-47-27(41)17-15-13-11-9-7-5-2)48-33(44)25-18-19-49-32-29(31(43)39(25)32)37-30(42)28(38-45-3)24-22-50-34(35)36-24/h18,22-23,29,32H,4-17,19-21H2,1-3H3,(H2,35,36)(H,37,42)/b38-28-/t29?,32-/m1/s1. The van der Waals surface area contributed by atoms with Gasteiger partial charge in [0.15, 0.2) is 16.9 Å². The average molecular weight is 738 g/mol. The van der Waals surface area contributed by atoms with Crippen LogP contribution in [0.5, 0.6) is 0 Å². The van der Waals surface area contributed by atoms with Crippen LogP contribution >= 0.6 is 23.1 Å². The molecule has 3 rings (SSSR count). The molecule has 2 aliphatic rings. The average Bonchev–Trinajstić information content (AvgIpc) is 3.54. The van der Waals surface area contributed by atoms with E-state index >= 15 is 0 Å². The summed E-state index contributed by atoms with van der Waals surface area (Å²) in [4.78, 5) is 74.8. The van der Waals surface area contributed by atoms with Crippen LogP contribution < -0.4 is 11.1 Å². The van der Waals surface area contributed by atoms with E-state index in [2.05, 4.69) is 29.3 Å². The number of β-lactam (4-membered cyclic amide) rings is 1. The number of nitrogen functional groups attached to an aromatic ring is 1. The molecule has 1 saturated heterocycles. The van der Waals surface area contributed by atoms with Gasteiger partial charge in [-0.25, -0.2) is 9.78 Å². The van der Waals surface area contributed by atoms with Crippen LogP contribution in [-0.2, 0) is 43.0 Å². The van der Waals surface area contributed by atoms with Crippen LogP contribution in [-0.4, -0.2) is 88.9 Å². The first-order valence-electron chi connectivity index (χ1n) is 17.5. The summed E-state index contributed by atoms with van der Waals surface area (Å²) in [6.07, 6.45) is 13.1. The fraction of sp³-hybridized carbons (Fsp3) is 0.676. The number of carbonyl (C=O) groups excluding carboxylic acids is 5. The van der Waals surface area contributed by atoms with E-state index in [1.165, 1.54) is 23.8 Å². The van der Waals surface area contributed by atoms with Gasteiger partial charge in [0.25, 0.3) is 11.8 Å². The summed E-state index contributed by atoms with van der Waals surface area (Å²) >= 11 is 2.47. The Morgan fingerprint density at radius 1 is 0.960 bits per heavy atom. The lowest BCUT2D eigenvalue weighted by Gasteiger charge is -2.48. The molecule has 3 heterocycles. The smallest absolute Gasteiger partial charge is 0.355 e. The van der Waals surface area contributed by atoms with Gasteiger partial charge in [-0.15, -0.1) is 23.1 Å². The molecule has 0 spiro atoms. The number of hydrogen-bond donors (Lipinski definition) is 2. The molecule has 2 atom stereocenters. The van der Waals surface area contributed by atoms with Crippen LogP contribution in [0.2, 0.25) is 0 Å². The summed E-state index contributed by atoms with van der Waals surface area (Å²) in [5, 5.41) is 7.59. The highest BCUT2D eigenvalue weighted by atomic mass is 32.2. The maximum absolute atomic E-state index is 13.4. The number of hydrogen-bond acceptors (Lipinski definition) is 14. The predicted octanol–water partition coefficient (Wildman–Crippen LogP) is 4.86. The van der Waals surface area contributed by atoms with Crippen molar-refractivity contribution in [3.8, 4) is 0 Å². The number of fused-ring (bicyclic) bond motifs is 1. The topological polar surface area (TPSA) is 189 Å². The zero-order valence-electron chi connectivity index (χ0n) is 29.3. The number of esters is 3. The molecule has 0 aliphatic carbocycles. The van der Waals surface area contributed by atoms with Gasteiger partial charge in [0, 0.05) is 24.0 Å². The second-order valence-electron chi connectivity index (χ2n) is 12.1. The van der Waals surface area contributed by atoms with Crippen molar-refractivity contribution in [1.82, 2.24) is 15.2 Å². The molecule has 3 N–H and O–H groups in total. The highest BCUT2D eigenvalue weighted by molar-refractivity contribution is 8.00. The normalized spacial score (nSPS) is 17.0. The zero-order chi connectivity index (χ0) is 36.3. The van der Waals surface area contributed by atoms with Crippen molar-refractivity contribution in [2.75, 3.05) is 31.8 Å². The minimum absolute atomic E-state index is 0.0101. The summed E-state index contributed by atoms with van der Waals surface area (Å²) in [6, 6.07) is -0.955. The van der Waals surface area contributed by atoms with Crippen molar-refractivity contribution in [1.29, 1.82) is 0 Å². The summed E-state index contributed by atoms with van der Waals surface area (Å²) in [7, 11) is 1.28. The lowest BCUT2D eigenvalue weighted by atomic mass is 10.0. The first kappa shape index (κ1) is 40.8. The van der Waals surface area contributed by atoms with Crippen molar-refractivity contribution in [2.45, 2.75) is 121 Å². The molecule has 0 radical (unpaired) electrons. The van der Waals surface area contributed by atoms with Gasteiger partial charge in [-0.05, 0) is 18.9 Å². The molecule has 1 aromatic heterocycles. The molecule has 1 fully saturated rings. The summed E-state index contributed by atoms with van der Waals surface area (Å²) in [5.74, 6) is -2.56. The minimum Gasteiger partial charge on any atom is -0.462 e. The van der Waals surface area contributed by atoms with Crippen molar-refractivity contribution < 1.29 is 43.0 Å². The number of anilines is 1.